The molecule has 0 saturated heterocycles. The van der Waals surface area contributed by atoms with E-state index in [-0.39, 0.29) is 12.0 Å². The molecule has 4 aromatic carbocycles. The standard InChI is InChI=1S/C31H20N2O/c32-19-20-10-14-30-26(16-20)27-18-22(12-15-31(27)34-30)21-11-13-29-25(17-21)24-8-4-5-9-28(24)33(29)23-6-2-1-3-7-23/h1-18,27,31H. The number of ether oxygens (including phenoxy) is 1. The van der Waals surface area contributed by atoms with Gasteiger partial charge in [0, 0.05) is 27.9 Å². The number of hydrogen-bond acceptors (Lipinski definition) is 2. The van der Waals surface area contributed by atoms with Crippen LogP contribution in [0, 0.1) is 11.3 Å². The molecular weight excluding hydrogens is 416 g/mol. The summed E-state index contributed by atoms with van der Waals surface area (Å²) in [6.45, 7) is 0. The van der Waals surface area contributed by atoms with Gasteiger partial charge < -0.3 is 9.30 Å². The van der Waals surface area contributed by atoms with E-state index in [2.05, 4.69) is 102 Å². The van der Waals surface area contributed by atoms with E-state index in [4.69, 9.17) is 4.74 Å². The van der Waals surface area contributed by atoms with Crippen molar-refractivity contribution < 1.29 is 4.74 Å². The van der Waals surface area contributed by atoms with E-state index in [0.717, 1.165) is 17.0 Å². The van der Waals surface area contributed by atoms with Gasteiger partial charge in [0.1, 0.15) is 11.9 Å². The Bertz CT molecular complexity index is 1700. The summed E-state index contributed by atoms with van der Waals surface area (Å²) in [6, 6.07) is 33.8. The van der Waals surface area contributed by atoms with Gasteiger partial charge in [0.05, 0.1) is 22.7 Å². The Labute approximate surface area is 197 Å². The molecule has 1 aliphatic carbocycles. The van der Waals surface area contributed by atoms with Crippen molar-refractivity contribution in [1.29, 1.82) is 5.26 Å². The highest BCUT2D eigenvalue weighted by atomic mass is 16.5. The number of para-hydroxylation sites is 2. The zero-order valence-electron chi connectivity index (χ0n) is 18.3. The van der Waals surface area contributed by atoms with Gasteiger partial charge in [-0.3, -0.25) is 0 Å². The fourth-order valence-electron chi connectivity index (χ4n) is 5.37. The number of hydrogen-bond donors (Lipinski definition) is 0. The molecule has 0 N–H and O–H groups in total. The first-order chi connectivity index (χ1) is 16.8. The first kappa shape index (κ1) is 19.0. The van der Waals surface area contributed by atoms with Gasteiger partial charge in [-0.2, -0.15) is 5.26 Å². The molecule has 2 unspecified atom stereocenters. The summed E-state index contributed by atoms with van der Waals surface area (Å²) >= 11 is 0. The molecule has 0 amide bonds. The highest BCUT2D eigenvalue weighted by molar-refractivity contribution is 6.10. The first-order valence-corrected chi connectivity index (χ1v) is 11.5. The second kappa shape index (κ2) is 7.23. The van der Waals surface area contributed by atoms with Crippen LogP contribution in [0.1, 0.15) is 22.6 Å². The minimum Gasteiger partial charge on any atom is -0.485 e. The van der Waals surface area contributed by atoms with Crippen molar-refractivity contribution in [3.05, 3.63) is 126 Å². The number of rotatable bonds is 2. The molecule has 0 bridgehead atoms. The van der Waals surface area contributed by atoms with Gasteiger partial charge in [-0.1, -0.05) is 54.6 Å². The third kappa shape index (κ3) is 2.76. The third-order valence-corrected chi connectivity index (χ3v) is 6.96. The molecular formula is C31H20N2O. The number of allylic oxidation sites excluding steroid dienone is 2. The summed E-state index contributed by atoms with van der Waals surface area (Å²) in [6.07, 6.45) is 6.57. The average Bonchev–Trinajstić information content (AvgIpc) is 3.43. The van der Waals surface area contributed by atoms with Crippen LogP contribution in [0.15, 0.2) is 109 Å². The lowest BCUT2D eigenvalue weighted by Gasteiger charge is -2.19. The highest BCUT2D eigenvalue weighted by Gasteiger charge is 2.33. The minimum atomic E-state index is -0.0172. The predicted octanol–water partition coefficient (Wildman–Crippen LogP) is 7.15. The van der Waals surface area contributed by atoms with Crippen LogP contribution in [0.25, 0.3) is 33.1 Å². The molecule has 3 nitrogen and oxygen atoms in total. The van der Waals surface area contributed by atoms with Crippen LogP contribution in [0.3, 0.4) is 0 Å². The van der Waals surface area contributed by atoms with Crippen LogP contribution in [0.2, 0.25) is 0 Å². The van der Waals surface area contributed by atoms with Crippen molar-refractivity contribution in [2.24, 2.45) is 0 Å². The monoisotopic (exact) mass is 436 g/mol. The molecule has 2 aliphatic rings. The Morgan fingerprint density at radius 2 is 1.62 bits per heavy atom. The van der Waals surface area contributed by atoms with Crippen LogP contribution in [0.4, 0.5) is 0 Å². The summed E-state index contributed by atoms with van der Waals surface area (Å²) in [5, 5.41) is 11.8. The topological polar surface area (TPSA) is 38.0 Å². The molecule has 0 spiro atoms. The van der Waals surface area contributed by atoms with Gasteiger partial charge in [-0.15, -0.1) is 0 Å². The van der Waals surface area contributed by atoms with Gasteiger partial charge in [0.2, 0.25) is 0 Å². The Morgan fingerprint density at radius 1 is 0.794 bits per heavy atom. The number of aromatic nitrogens is 1. The lowest BCUT2D eigenvalue weighted by atomic mass is 9.86. The largest absolute Gasteiger partial charge is 0.485 e. The molecule has 1 aromatic heterocycles. The van der Waals surface area contributed by atoms with Crippen molar-refractivity contribution in [2.75, 3.05) is 0 Å². The molecule has 2 heterocycles. The molecule has 34 heavy (non-hydrogen) atoms. The van der Waals surface area contributed by atoms with E-state index in [1.165, 1.54) is 32.9 Å². The number of benzene rings is 4. The van der Waals surface area contributed by atoms with Crippen molar-refractivity contribution >= 4 is 27.4 Å². The van der Waals surface area contributed by atoms with E-state index >= 15 is 0 Å². The van der Waals surface area contributed by atoms with Gasteiger partial charge in [-0.25, -0.2) is 0 Å². The van der Waals surface area contributed by atoms with Crippen molar-refractivity contribution in [1.82, 2.24) is 4.57 Å². The number of nitrogens with zero attached hydrogens (tertiary/aromatic N) is 2. The molecule has 0 saturated carbocycles. The summed E-state index contributed by atoms with van der Waals surface area (Å²) in [5.41, 5.74) is 7.68. The summed E-state index contributed by atoms with van der Waals surface area (Å²) in [7, 11) is 0. The van der Waals surface area contributed by atoms with E-state index < -0.39 is 0 Å². The molecule has 160 valence electrons. The van der Waals surface area contributed by atoms with Crippen LogP contribution < -0.4 is 4.74 Å². The predicted molar refractivity (Wildman–Crippen MR) is 136 cm³/mol. The second-order valence-electron chi connectivity index (χ2n) is 8.87. The van der Waals surface area contributed by atoms with Crippen LogP contribution >= 0.6 is 0 Å². The highest BCUT2D eigenvalue weighted by Crippen LogP contribution is 2.44. The average molecular weight is 437 g/mol. The maximum Gasteiger partial charge on any atom is 0.128 e. The SMILES string of the molecule is N#Cc1ccc2c(c1)C1C=C(c3ccc4c(c3)c3ccccc3n4-c3ccccc3)C=CC1O2. The van der Waals surface area contributed by atoms with E-state index in [1.54, 1.807) is 0 Å². The fourth-order valence-corrected chi connectivity index (χ4v) is 5.37. The third-order valence-electron chi connectivity index (χ3n) is 6.96. The minimum absolute atomic E-state index is 0.0172. The van der Waals surface area contributed by atoms with Gasteiger partial charge in [-0.05, 0) is 65.7 Å². The van der Waals surface area contributed by atoms with Gasteiger partial charge >= 0.3 is 0 Å². The van der Waals surface area contributed by atoms with Gasteiger partial charge in [0.15, 0.2) is 0 Å². The lowest BCUT2D eigenvalue weighted by molar-refractivity contribution is 0.269. The molecule has 5 aromatic rings. The molecule has 7 rings (SSSR count). The normalized spacial score (nSPS) is 18.3. The first-order valence-electron chi connectivity index (χ1n) is 11.5. The van der Waals surface area contributed by atoms with Crippen LogP contribution in [-0.2, 0) is 0 Å². The molecule has 3 heteroatoms. The van der Waals surface area contributed by atoms with Crippen LogP contribution in [-0.4, -0.2) is 10.7 Å². The molecule has 0 radical (unpaired) electrons. The van der Waals surface area contributed by atoms with E-state index in [9.17, 15) is 5.26 Å². The summed E-state index contributed by atoms with van der Waals surface area (Å²) < 4.78 is 8.46. The molecule has 1 aliphatic heterocycles. The zero-order valence-corrected chi connectivity index (χ0v) is 18.3. The Hall–Kier alpha value is -4.55. The fraction of sp³-hybridized carbons (Fsp3) is 0.0645. The number of fused-ring (bicyclic) bond motifs is 6. The molecule has 0 fully saturated rings. The van der Waals surface area contributed by atoms with Crippen molar-refractivity contribution in [3.63, 3.8) is 0 Å². The smallest absolute Gasteiger partial charge is 0.128 e. The van der Waals surface area contributed by atoms with Crippen LogP contribution in [0.5, 0.6) is 5.75 Å². The summed E-state index contributed by atoms with van der Waals surface area (Å²) in [4.78, 5) is 0. The molecule has 2 atom stereocenters. The van der Waals surface area contributed by atoms with Gasteiger partial charge in [0.25, 0.3) is 0 Å². The summed E-state index contributed by atoms with van der Waals surface area (Å²) in [5.74, 6) is 0.988. The second-order valence-corrected chi connectivity index (χ2v) is 8.87. The quantitative estimate of drug-likeness (QED) is 0.295. The van der Waals surface area contributed by atoms with E-state index in [0.29, 0.717) is 5.56 Å². The maximum atomic E-state index is 9.34. The zero-order chi connectivity index (χ0) is 22.6. The Kier molecular flexibility index (Phi) is 4.03. The van der Waals surface area contributed by atoms with Crippen molar-refractivity contribution in [2.45, 2.75) is 12.0 Å². The Balaban J connectivity index is 1.38. The van der Waals surface area contributed by atoms with E-state index in [1.807, 2.05) is 18.2 Å². The Morgan fingerprint density at radius 3 is 2.50 bits per heavy atom. The van der Waals surface area contributed by atoms with Crippen molar-refractivity contribution in [3.8, 4) is 17.5 Å². The lowest BCUT2D eigenvalue weighted by Crippen LogP contribution is -2.17. The number of nitriles is 1. The maximum absolute atomic E-state index is 9.34.